The Morgan fingerprint density at radius 2 is 1.94 bits per heavy atom. The molecule has 1 atom stereocenters. The third kappa shape index (κ3) is 5.86. The Hall–Kier alpha value is -5.61. The highest BCUT2D eigenvalue weighted by molar-refractivity contribution is 5.99. The molecule has 2 aromatic carbocycles. The van der Waals surface area contributed by atoms with Gasteiger partial charge < -0.3 is 19.9 Å². The molecule has 1 saturated heterocycles. The number of aromatic nitrogens is 6. The van der Waals surface area contributed by atoms with Crippen LogP contribution in [0.3, 0.4) is 0 Å². The molecular weight excluding hydrogens is 611 g/mol. The van der Waals surface area contributed by atoms with Crippen molar-refractivity contribution in [3.8, 4) is 28.8 Å². The lowest BCUT2D eigenvalue weighted by atomic mass is 9.97. The maximum atomic E-state index is 15.7. The zero-order valence-corrected chi connectivity index (χ0v) is 26.8. The summed E-state index contributed by atoms with van der Waals surface area (Å²) in [5.41, 5.74) is 6.83. The number of ether oxygens (including phenoxy) is 1. The van der Waals surface area contributed by atoms with Gasteiger partial charge in [-0.05, 0) is 57.0 Å². The lowest BCUT2D eigenvalue weighted by Gasteiger charge is -2.39. The fourth-order valence-corrected chi connectivity index (χ4v) is 6.58. The predicted molar refractivity (Wildman–Crippen MR) is 177 cm³/mol. The first-order valence-corrected chi connectivity index (χ1v) is 15.9. The fraction of sp³-hybridized carbons (Fsp3) is 0.314. The van der Waals surface area contributed by atoms with Gasteiger partial charge in [-0.1, -0.05) is 18.2 Å². The zero-order valence-electron chi connectivity index (χ0n) is 26.8. The monoisotopic (exact) mass is 646 g/mol. The highest BCUT2D eigenvalue weighted by Gasteiger charge is 2.34. The second-order valence-corrected chi connectivity index (χ2v) is 12.6. The molecule has 0 bridgehead atoms. The minimum Gasteiger partial charge on any atom is -0.457 e. The molecule has 5 aromatic rings. The summed E-state index contributed by atoms with van der Waals surface area (Å²) in [5.74, 6) is 1.19. The van der Waals surface area contributed by atoms with E-state index in [-0.39, 0.29) is 28.9 Å². The first-order chi connectivity index (χ1) is 23.2. The molecule has 2 aliphatic heterocycles. The highest BCUT2D eigenvalue weighted by Crippen LogP contribution is 2.36. The molecule has 0 aliphatic carbocycles. The van der Waals surface area contributed by atoms with Crippen LogP contribution in [-0.2, 0) is 17.9 Å². The number of anilines is 1. The number of nitriles is 1. The van der Waals surface area contributed by atoms with Gasteiger partial charge in [0.05, 0.1) is 18.0 Å². The number of hydrogen-bond donors (Lipinski definition) is 1. The van der Waals surface area contributed by atoms with E-state index in [1.165, 1.54) is 12.4 Å². The van der Waals surface area contributed by atoms with Crippen LogP contribution < -0.4 is 10.5 Å². The molecule has 1 fully saturated rings. The number of rotatable bonds is 7. The molecule has 3 aromatic heterocycles. The SMILES string of the molecule is CC(C)(/C=C(\C#N)C(=O)N1CCCC(n2nc(-c3ccc(Oc4ccccc4)cc3F)c3c(N)ncnc32)C1)N1CCn2ccnc2C1. The van der Waals surface area contributed by atoms with Crippen molar-refractivity contribution in [2.75, 3.05) is 25.4 Å². The predicted octanol–water partition coefficient (Wildman–Crippen LogP) is 5.11. The summed E-state index contributed by atoms with van der Waals surface area (Å²) in [5, 5.41) is 15.4. The van der Waals surface area contributed by atoms with Crippen LogP contribution in [0.4, 0.5) is 10.2 Å². The number of hydrogen-bond acceptors (Lipinski definition) is 9. The number of carbonyl (C=O) groups excluding carboxylic acids is 1. The van der Waals surface area contributed by atoms with Crippen LogP contribution in [0.15, 0.2) is 78.9 Å². The van der Waals surface area contributed by atoms with Crippen LogP contribution in [0.5, 0.6) is 11.5 Å². The van der Waals surface area contributed by atoms with Crippen molar-refractivity contribution in [1.29, 1.82) is 5.26 Å². The van der Waals surface area contributed by atoms with Crippen molar-refractivity contribution in [3.05, 3.63) is 90.5 Å². The molecule has 244 valence electrons. The van der Waals surface area contributed by atoms with E-state index in [4.69, 9.17) is 15.6 Å². The van der Waals surface area contributed by atoms with Gasteiger partial charge in [-0.15, -0.1) is 0 Å². The Morgan fingerprint density at radius 1 is 1.10 bits per heavy atom. The number of nitrogens with two attached hydrogens (primary N) is 1. The first-order valence-electron chi connectivity index (χ1n) is 15.9. The van der Waals surface area contributed by atoms with Crippen molar-refractivity contribution in [1.82, 2.24) is 39.1 Å². The third-order valence-electron chi connectivity index (χ3n) is 9.13. The van der Waals surface area contributed by atoms with Crippen LogP contribution in [0.25, 0.3) is 22.3 Å². The summed E-state index contributed by atoms with van der Waals surface area (Å²) in [6, 6.07) is 15.6. The van der Waals surface area contributed by atoms with Crippen molar-refractivity contribution in [3.63, 3.8) is 0 Å². The summed E-state index contributed by atoms with van der Waals surface area (Å²) in [7, 11) is 0. The van der Waals surface area contributed by atoms with E-state index in [0.717, 1.165) is 18.9 Å². The number of likely N-dealkylation sites (tertiary alicyclic amines) is 1. The van der Waals surface area contributed by atoms with Crippen LogP contribution in [0, 0.1) is 17.1 Å². The molecule has 0 saturated carbocycles. The van der Waals surface area contributed by atoms with Gasteiger partial charge in [0, 0.05) is 55.7 Å². The zero-order chi connectivity index (χ0) is 33.4. The maximum Gasteiger partial charge on any atom is 0.264 e. The van der Waals surface area contributed by atoms with E-state index in [0.29, 0.717) is 60.7 Å². The Labute approximate surface area is 276 Å². The molecule has 2 aliphatic rings. The molecule has 13 heteroatoms. The Bertz CT molecular complexity index is 2060. The quantitative estimate of drug-likeness (QED) is 0.188. The Kier molecular flexibility index (Phi) is 8.10. The van der Waals surface area contributed by atoms with Gasteiger partial charge in [0.1, 0.15) is 52.6 Å². The van der Waals surface area contributed by atoms with E-state index in [1.807, 2.05) is 38.2 Å². The van der Waals surface area contributed by atoms with Crippen LogP contribution in [0.2, 0.25) is 0 Å². The maximum absolute atomic E-state index is 15.7. The van der Waals surface area contributed by atoms with E-state index in [9.17, 15) is 10.1 Å². The molecule has 48 heavy (non-hydrogen) atoms. The second kappa shape index (κ2) is 12.5. The highest BCUT2D eigenvalue weighted by atomic mass is 19.1. The Balaban J connectivity index is 1.15. The van der Waals surface area contributed by atoms with Gasteiger partial charge in [-0.2, -0.15) is 10.4 Å². The molecule has 5 heterocycles. The Morgan fingerprint density at radius 3 is 2.73 bits per heavy atom. The second-order valence-electron chi connectivity index (χ2n) is 12.6. The van der Waals surface area contributed by atoms with E-state index in [1.54, 1.807) is 46.1 Å². The van der Waals surface area contributed by atoms with Crippen molar-refractivity contribution in [2.45, 2.75) is 51.4 Å². The van der Waals surface area contributed by atoms with Gasteiger partial charge in [0.2, 0.25) is 0 Å². The molecule has 12 nitrogen and oxygen atoms in total. The van der Waals surface area contributed by atoms with E-state index >= 15 is 4.39 Å². The van der Waals surface area contributed by atoms with E-state index < -0.39 is 11.4 Å². The van der Waals surface area contributed by atoms with Gasteiger partial charge in [-0.25, -0.2) is 24.0 Å². The number of amides is 1. The summed E-state index contributed by atoms with van der Waals surface area (Å²) < 4.78 is 25.3. The van der Waals surface area contributed by atoms with Gasteiger partial charge >= 0.3 is 0 Å². The summed E-state index contributed by atoms with van der Waals surface area (Å²) in [4.78, 5) is 30.8. The number of carbonyl (C=O) groups is 1. The van der Waals surface area contributed by atoms with Gasteiger partial charge in [-0.3, -0.25) is 9.69 Å². The first kappa shape index (κ1) is 31.0. The third-order valence-corrected chi connectivity index (χ3v) is 9.13. The average molecular weight is 647 g/mol. The molecule has 0 radical (unpaired) electrons. The molecule has 1 unspecified atom stereocenters. The number of benzene rings is 2. The molecule has 0 spiro atoms. The average Bonchev–Trinajstić information content (AvgIpc) is 3.73. The minimum absolute atomic E-state index is 0.0898. The number of nitrogens with zero attached hydrogens (tertiary/aromatic N) is 9. The summed E-state index contributed by atoms with van der Waals surface area (Å²) in [6.07, 6.45) is 8.26. The number of fused-ring (bicyclic) bond motifs is 2. The lowest BCUT2D eigenvalue weighted by Crippen LogP contribution is -2.47. The number of nitrogen functional groups attached to an aromatic ring is 1. The molecule has 1 amide bonds. The van der Waals surface area contributed by atoms with Gasteiger partial charge in [0.25, 0.3) is 5.91 Å². The normalized spacial score (nSPS) is 17.2. The smallest absolute Gasteiger partial charge is 0.264 e. The van der Waals surface area contributed by atoms with Crippen LogP contribution in [-0.4, -0.2) is 70.2 Å². The topological polar surface area (TPSA) is 144 Å². The largest absolute Gasteiger partial charge is 0.457 e. The van der Waals surface area contributed by atoms with Crippen LogP contribution >= 0.6 is 0 Å². The number of piperidine rings is 1. The minimum atomic E-state index is -0.555. The molecule has 7 rings (SSSR count). The fourth-order valence-electron chi connectivity index (χ4n) is 6.58. The van der Waals surface area contributed by atoms with Gasteiger partial charge in [0.15, 0.2) is 5.65 Å². The lowest BCUT2D eigenvalue weighted by molar-refractivity contribution is -0.128. The van der Waals surface area contributed by atoms with Crippen molar-refractivity contribution in [2.24, 2.45) is 0 Å². The summed E-state index contributed by atoms with van der Waals surface area (Å²) in [6.45, 7) is 7.00. The molecular formula is C35H35FN10O2. The van der Waals surface area contributed by atoms with Crippen LogP contribution in [0.1, 0.15) is 38.6 Å². The number of halogens is 1. The summed E-state index contributed by atoms with van der Waals surface area (Å²) >= 11 is 0. The standard InChI is InChI=1S/C35H35FN10O2/c1-35(2,45-16-15-43-14-12-39-29(43)21-45)18-23(19-37)34(47)44-13-6-7-24(20-44)46-33-30(32(38)40-22-41-33)31(42-46)27-11-10-26(17-28(27)36)48-25-8-4-3-5-9-25/h3-5,8-12,14,17-18,22,24H,6-7,13,15-16,20-21H2,1-2H3,(H2,38,40,41)/b23-18+. The molecule has 2 N–H and O–H groups in total. The number of para-hydroxylation sites is 1. The van der Waals surface area contributed by atoms with E-state index in [2.05, 4.69) is 30.5 Å². The van der Waals surface area contributed by atoms with Crippen molar-refractivity contribution >= 4 is 22.8 Å². The number of imidazole rings is 1. The van der Waals surface area contributed by atoms with Crippen molar-refractivity contribution < 1.29 is 13.9 Å².